The van der Waals surface area contributed by atoms with Gasteiger partial charge in [0, 0.05) is 28.4 Å². The number of anilines is 1. The number of pyridine rings is 1. The molecule has 0 fully saturated rings. The molecule has 27 heavy (non-hydrogen) atoms. The highest BCUT2D eigenvalue weighted by atomic mass is 16.2. The molecule has 0 saturated carbocycles. The van der Waals surface area contributed by atoms with E-state index in [4.69, 9.17) is 0 Å². The van der Waals surface area contributed by atoms with Crippen molar-refractivity contribution in [1.82, 2.24) is 4.98 Å². The molecule has 0 unspecified atom stereocenters. The minimum atomic E-state index is -0.429. The number of aromatic amines is 1. The number of fused-ring (bicyclic) bond motifs is 1. The van der Waals surface area contributed by atoms with Gasteiger partial charge in [-0.05, 0) is 30.7 Å². The molecule has 0 bridgehead atoms. The van der Waals surface area contributed by atoms with Crippen molar-refractivity contribution in [3.8, 4) is 11.1 Å². The Kier molecular flexibility index (Phi) is 4.30. The highest BCUT2D eigenvalue weighted by Gasteiger charge is 2.15. The van der Waals surface area contributed by atoms with Gasteiger partial charge in [0.15, 0.2) is 0 Å². The van der Waals surface area contributed by atoms with E-state index in [-0.39, 0.29) is 11.0 Å². The van der Waals surface area contributed by atoms with Crippen LogP contribution in [0.15, 0.2) is 83.8 Å². The number of aryl methyl sites for hydroxylation is 1. The summed E-state index contributed by atoms with van der Waals surface area (Å²) >= 11 is 0. The largest absolute Gasteiger partial charge is 0.360 e. The number of hydrogen-bond acceptors (Lipinski definition) is 2. The third kappa shape index (κ3) is 3.25. The van der Waals surface area contributed by atoms with Gasteiger partial charge in [-0.1, -0.05) is 60.2 Å². The van der Waals surface area contributed by atoms with Crippen molar-refractivity contribution in [2.45, 2.75) is 6.92 Å². The Bertz CT molecular complexity index is 1190. The highest BCUT2D eigenvalue weighted by Crippen LogP contribution is 2.28. The van der Waals surface area contributed by atoms with Crippen LogP contribution in [0.4, 0.5) is 5.69 Å². The molecule has 1 heterocycles. The van der Waals surface area contributed by atoms with Crippen molar-refractivity contribution in [1.29, 1.82) is 0 Å². The quantitative estimate of drug-likeness (QED) is 0.557. The van der Waals surface area contributed by atoms with Crippen LogP contribution in [0.25, 0.3) is 22.0 Å². The number of hydrogen-bond donors (Lipinski definition) is 2. The number of nitrogens with one attached hydrogen (secondary N) is 2. The van der Waals surface area contributed by atoms with Gasteiger partial charge in [0.2, 0.25) is 5.43 Å². The Labute approximate surface area is 156 Å². The van der Waals surface area contributed by atoms with Gasteiger partial charge >= 0.3 is 0 Å². The van der Waals surface area contributed by atoms with Crippen molar-refractivity contribution >= 4 is 22.5 Å². The number of carbonyl (C=O) groups is 1. The highest BCUT2D eigenvalue weighted by molar-refractivity contribution is 6.07. The van der Waals surface area contributed by atoms with Gasteiger partial charge in [0.1, 0.15) is 5.56 Å². The van der Waals surface area contributed by atoms with Gasteiger partial charge in [0.25, 0.3) is 5.91 Å². The van der Waals surface area contributed by atoms with Crippen LogP contribution in [0.1, 0.15) is 15.9 Å². The molecule has 0 spiro atoms. The van der Waals surface area contributed by atoms with Crippen LogP contribution >= 0.6 is 0 Å². The summed E-state index contributed by atoms with van der Waals surface area (Å²) in [5.41, 5.74) is 4.26. The van der Waals surface area contributed by atoms with Gasteiger partial charge in [-0.3, -0.25) is 9.59 Å². The predicted molar refractivity (Wildman–Crippen MR) is 109 cm³/mol. The molecule has 4 aromatic rings. The molecule has 0 aliphatic heterocycles. The standard InChI is InChI=1S/C23H18N2O2/c1-15-10-12-16(13-11-15)17-6-2-5-9-21(17)25-23(27)19-14-24-20-8-4-3-7-18(20)22(19)26/h2-14H,1H3,(H,24,26)(H,25,27). The molecule has 0 saturated heterocycles. The zero-order valence-corrected chi connectivity index (χ0v) is 14.8. The summed E-state index contributed by atoms with van der Waals surface area (Å²) in [4.78, 5) is 28.5. The number of para-hydroxylation sites is 2. The Morgan fingerprint density at radius 3 is 2.41 bits per heavy atom. The molecular weight excluding hydrogens is 336 g/mol. The summed E-state index contributed by atoms with van der Waals surface area (Å²) in [6.45, 7) is 2.03. The smallest absolute Gasteiger partial charge is 0.261 e. The van der Waals surface area contributed by atoms with Crippen LogP contribution in [0.5, 0.6) is 0 Å². The number of H-pyrrole nitrogens is 1. The first-order chi connectivity index (χ1) is 13.1. The minimum Gasteiger partial charge on any atom is -0.360 e. The predicted octanol–water partition coefficient (Wildman–Crippen LogP) is 4.76. The molecule has 4 nitrogen and oxygen atoms in total. The van der Waals surface area contributed by atoms with Crippen LogP contribution in [0.2, 0.25) is 0 Å². The second-order valence-corrected chi connectivity index (χ2v) is 6.44. The molecular formula is C23H18N2O2. The normalized spacial score (nSPS) is 10.7. The number of benzene rings is 3. The zero-order valence-electron chi connectivity index (χ0n) is 14.8. The van der Waals surface area contributed by atoms with E-state index in [2.05, 4.69) is 10.3 Å². The fourth-order valence-corrected chi connectivity index (χ4v) is 3.10. The molecule has 1 aromatic heterocycles. The molecule has 0 aliphatic rings. The fraction of sp³-hybridized carbons (Fsp3) is 0.0435. The molecule has 0 radical (unpaired) electrons. The summed E-state index contributed by atoms with van der Waals surface area (Å²) in [7, 11) is 0. The van der Waals surface area contributed by atoms with E-state index in [0.717, 1.165) is 11.1 Å². The maximum absolute atomic E-state index is 12.8. The van der Waals surface area contributed by atoms with E-state index in [0.29, 0.717) is 16.6 Å². The first kappa shape index (κ1) is 16.8. The van der Waals surface area contributed by atoms with Crippen molar-refractivity contribution in [3.63, 3.8) is 0 Å². The van der Waals surface area contributed by atoms with Gasteiger partial charge in [0.05, 0.1) is 0 Å². The van der Waals surface area contributed by atoms with Crippen molar-refractivity contribution in [3.05, 3.63) is 100 Å². The second-order valence-electron chi connectivity index (χ2n) is 6.44. The van der Waals surface area contributed by atoms with E-state index in [1.807, 2.05) is 67.6 Å². The molecule has 0 atom stereocenters. The van der Waals surface area contributed by atoms with Crippen LogP contribution in [-0.2, 0) is 0 Å². The third-order valence-electron chi connectivity index (χ3n) is 4.57. The molecule has 4 heteroatoms. The maximum Gasteiger partial charge on any atom is 0.261 e. The summed E-state index contributed by atoms with van der Waals surface area (Å²) in [5, 5.41) is 3.38. The van der Waals surface area contributed by atoms with Crippen molar-refractivity contribution in [2.24, 2.45) is 0 Å². The summed E-state index contributed by atoms with van der Waals surface area (Å²) < 4.78 is 0. The average Bonchev–Trinajstić information content (AvgIpc) is 2.69. The zero-order chi connectivity index (χ0) is 18.8. The lowest BCUT2D eigenvalue weighted by Gasteiger charge is -2.12. The Morgan fingerprint density at radius 2 is 1.59 bits per heavy atom. The van der Waals surface area contributed by atoms with Crippen LogP contribution in [0, 0.1) is 6.92 Å². The number of carbonyl (C=O) groups excluding carboxylic acids is 1. The first-order valence-corrected chi connectivity index (χ1v) is 8.71. The van der Waals surface area contributed by atoms with Crippen LogP contribution in [0.3, 0.4) is 0 Å². The van der Waals surface area contributed by atoms with E-state index in [1.165, 1.54) is 11.8 Å². The SMILES string of the molecule is Cc1ccc(-c2ccccc2NC(=O)c2c[nH]c3ccccc3c2=O)cc1. The summed E-state index contributed by atoms with van der Waals surface area (Å²) in [5.74, 6) is -0.429. The molecule has 4 rings (SSSR count). The van der Waals surface area contributed by atoms with Gasteiger partial charge in [-0.25, -0.2) is 0 Å². The minimum absolute atomic E-state index is 0.0902. The molecule has 132 valence electrons. The monoisotopic (exact) mass is 354 g/mol. The van der Waals surface area contributed by atoms with Crippen molar-refractivity contribution < 1.29 is 4.79 Å². The van der Waals surface area contributed by atoms with Gasteiger partial charge in [-0.15, -0.1) is 0 Å². The molecule has 1 amide bonds. The molecule has 0 aliphatic carbocycles. The number of amides is 1. The van der Waals surface area contributed by atoms with Gasteiger partial charge in [-0.2, -0.15) is 0 Å². The van der Waals surface area contributed by atoms with E-state index in [1.54, 1.807) is 12.1 Å². The van der Waals surface area contributed by atoms with Crippen molar-refractivity contribution in [2.75, 3.05) is 5.32 Å². The molecule has 2 N–H and O–H groups in total. The van der Waals surface area contributed by atoms with E-state index in [9.17, 15) is 9.59 Å². The number of aromatic nitrogens is 1. The second kappa shape index (κ2) is 6.92. The van der Waals surface area contributed by atoms with E-state index >= 15 is 0 Å². The lowest BCUT2D eigenvalue weighted by atomic mass is 10.0. The third-order valence-corrected chi connectivity index (χ3v) is 4.57. The Morgan fingerprint density at radius 1 is 0.889 bits per heavy atom. The summed E-state index contributed by atoms with van der Waals surface area (Å²) in [6.07, 6.45) is 1.47. The topological polar surface area (TPSA) is 62.0 Å². The number of rotatable bonds is 3. The molecule has 3 aromatic carbocycles. The first-order valence-electron chi connectivity index (χ1n) is 8.71. The summed E-state index contributed by atoms with van der Waals surface area (Å²) in [6, 6.07) is 22.8. The Hall–Kier alpha value is -3.66. The fourth-order valence-electron chi connectivity index (χ4n) is 3.10. The van der Waals surface area contributed by atoms with Crippen LogP contribution < -0.4 is 10.7 Å². The van der Waals surface area contributed by atoms with Gasteiger partial charge < -0.3 is 10.3 Å². The average molecular weight is 354 g/mol. The Balaban J connectivity index is 1.71. The lowest BCUT2D eigenvalue weighted by Crippen LogP contribution is -2.22. The maximum atomic E-state index is 12.8. The lowest BCUT2D eigenvalue weighted by molar-refractivity contribution is 0.102. The van der Waals surface area contributed by atoms with Crippen LogP contribution in [-0.4, -0.2) is 10.9 Å². The van der Waals surface area contributed by atoms with E-state index < -0.39 is 5.91 Å².